The Balaban J connectivity index is 1.53. The van der Waals surface area contributed by atoms with Crippen LogP contribution < -0.4 is 0 Å². The van der Waals surface area contributed by atoms with Gasteiger partial charge in [0, 0.05) is 9.75 Å². The van der Waals surface area contributed by atoms with Crippen molar-refractivity contribution in [2.75, 3.05) is 13.7 Å². The topological polar surface area (TPSA) is 59.1 Å². The second-order valence-electron chi connectivity index (χ2n) is 7.71. The molecule has 2 amide bonds. The first-order valence-corrected chi connectivity index (χ1v) is 10.9. The van der Waals surface area contributed by atoms with Gasteiger partial charge in [0.1, 0.15) is 12.6 Å². The summed E-state index contributed by atoms with van der Waals surface area (Å²) in [7, 11) is 1.36. The highest BCUT2D eigenvalue weighted by Crippen LogP contribution is 2.50. The van der Waals surface area contributed by atoms with Gasteiger partial charge in [-0.3, -0.25) is 4.84 Å². The predicted octanol–water partition coefficient (Wildman–Crippen LogP) is 4.86. The fourth-order valence-electron chi connectivity index (χ4n) is 4.27. The monoisotopic (exact) mass is 434 g/mol. The number of hydrogen-bond acceptors (Lipinski definition) is 5. The number of methoxy groups -OCH3 is 1. The van der Waals surface area contributed by atoms with Gasteiger partial charge in [0.2, 0.25) is 0 Å². The number of ether oxygens (including phenoxy) is 1. The number of esters is 1. The number of rotatable bonds is 5. The Labute approximate surface area is 184 Å². The number of benzene rings is 2. The van der Waals surface area contributed by atoms with Crippen molar-refractivity contribution >= 4 is 23.3 Å². The van der Waals surface area contributed by atoms with E-state index in [0.29, 0.717) is 6.54 Å². The average molecular weight is 435 g/mol. The third kappa shape index (κ3) is 3.30. The molecule has 0 aliphatic carbocycles. The Hall–Kier alpha value is -3.16. The van der Waals surface area contributed by atoms with E-state index in [1.54, 1.807) is 16.2 Å². The minimum absolute atomic E-state index is 0.263. The summed E-state index contributed by atoms with van der Waals surface area (Å²) in [6, 6.07) is 18.7. The molecule has 6 nitrogen and oxygen atoms in total. The van der Waals surface area contributed by atoms with Gasteiger partial charge in [0.05, 0.1) is 13.7 Å². The van der Waals surface area contributed by atoms with E-state index in [2.05, 4.69) is 25.1 Å². The molecule has 3 heterocycles. The molecule has 158 valence electrons. The van der Waals surface area contributed by atoms with Crippen molar-refractivity contribution in [3.63, 3.8) is 0 Å². The van der Waals surface area contributed by atoms with Crippen LogP contribution in [0, 0.1) is 6.92 Å². The van der Waals surface area contributed by atoms with E-state index in [1.165, 1.54) is 12.2 Å². The van der Waals surface area contributed by atoms with E-state index in [0.717, 1.165) is 32.0 Å². The van der Waals surface area contributed by atoms with E-state index < -0.39 is 12.0 Å². The van der Waals surface area contributed by atoms with Crippen LogP contribution in [-0.2, 0) is 21.0 Å². The quantitative estimate of drug-likeness (QED) is 0.538. The normalized spacial score (nSPS) is 19.5. The first-order valence-electron chi connectivity index (χ1n) is 10.1. The molecule has 7 heteroatoms. The molecular weight excluding hydrogens is 412 g/mol. The van der Waals surface area contributed by atoms with Gasteiger partial charge >= 0.3 is 12.0 Å². The van der Waals surface area contributed by atoms with Gasteiger partial charge < -0.3 is 9.64 Å². The van der Waals surface area contributed by atoms with Gasteiger partial charge in [-0.25, -0.2) is 9.59 Å². The fourth-order valence-corrected chi connectivity index (χ4v) is 5.68. The Morgan fingerprint density at radius 2 is 1.87 bits per heavy atom. The molecule has 2 atom stereocenters. The maximum atomic E-state index is 13.1. The van der Waals surface area contributed by atoms with Gasteiger partial charge in [-0.1, -0.05) is 54.6 Å². The zero-order valence-corrected chi connectivity index (χ0v) is 18.1. The van der Waals surface area contributed by atoms with E-state index in [4.69, 9.17) is 9.57 Å². The molecule has 2 bridgehead atoms. The number of carbonyl (C=O) groups excluding carboxylic acids is 2. The zero-order valence-electron chi connectivity index (χ0n) is 17.3. The highest BCUT2D eigenvalue weighted by molar-refractivity contribution is 7.16. The number of carbonyl (C=O) groups is 2. The molecule has 5 rings (SSSR count). The minimum Gasteiger partial charge on any atom is -0.467 e. The number of aryl methyl sites for hydroxylation is 1. The second kappa shape index (κ2) is 7.83. The van der Waals surface area contributed by atoms with Gasteiger partial charge in [-0.2, -0.15) is 5.06 Å². The van der Waals surface area contributed by atoms with Crippen LogP contribution in [0.1, 0.15) is 33.7 Å². The molecule has 2 aliphatic heterocycles. The first-order chi connectivity index (χ1) is 15.1. The lowest BCUT2D eigenvalue weighted by atomic mass is 9.98. The van der Waals surface area contributed by atoms with Crippen molar-refractivity contribution in [3.05, 3.63) is 82.2 Å². The lowest BCUT2D eigenvalue weighted by Crippen LogP contribution is -2.38. The van der Waals surface area contributed by atoms with Crippen LogP contribution >= 0.6 is 11.3 Å². The highest BCUT2D eigenvalue weighted by Gasteiger charge is 2.52. The molecule has 0 radical (unpaired) electrons. The molecule has 0 saturated carbocycles. The number of urea groups is 1. The lowest BCUT2D eigenvalue weighted by molar-refractivity contribution is -0.146. The molecule has 0 unspecified atom stereocenters. The summed E-state index contributed by atoms with van der Waals surface area (Å²) in [4.78, 5) is 35.3. The molecule has 0 spiro atoms. The minimum atomic E-state index is -0.753. The smallest absolute Gasteiger partial charge is 0.345 e. The van der Waals surface area contributed by atoms with E-state index in [1.807, 2.05) is 42.5 Å². The summed E-state index contributed by atoms with van der Waals surface area (Å²) in [6.45, 7) is 2.74. The third-order valence-electron chi connectivity index (χ3n) is 5.85. The number of thiophene rings is 1. The van der Waals surface area contributed by atoms with Crippen LogP contribution in [0.4, 0.5) is 4.79 Å². The van der Waals surface area contributed by atoms with E-state index in [-0.39, 0.29) is 18.7 Å². The van der Waals surface area contributed by atoms with Crippen molar-refractivity contribution in [3.8, 4) is 10.4 Å². The molecule has 1 saturated heterocycles. The van der Waals surface area contributed by atoms with E-state index in [9.17, 15) is 9.59 Å². The van der Waals surface area contributed by atoms with Crippen molar-refractivity contribution in [1.29, 1.82) is 0 Å². The predicted molar refractivity (Wildman–Crippen MR) is 117 cm³/mol. The number of hydrogen-bond donors (Lipinski definition) is 0. The van der Waals surface area contributed by atoms with Crippen LogP contribution in [0.15, 0.2) is 60.7 Å². The Kier molecular flexibility index (Phi) is 5.00. The van der Waals surface area contributed by atoms with Gasteiger partial charge in [-0.05, 0) is 35.2 Å². The van der Waals surface area contributed by atoms with Gasteiger partial charge in [0.15, 0.2) is 6.04 Å². The fraction of sp³-hybridized carbons (Fsp3) is 0.250. The largest absolute Gasteiger partial charge is 0.467 e. The Morgan fingerprint density at radius 1 is 1.13 bits per heavy atom. The summed E-state index contributed by atoms with van der Waals surface area (Å²) in [5, 5.41) is 1.42. The third-order valence-corrected chi connectivity index (χ3v) is 7.08. The molecule has 1 aromatic heterocycles. The standard InChI is InChI=1S/C24H22N2O4S/c1-15-8-6-7-11-17(15)20-12-18-19-13-25(21(22(18)31-20)23(27)29-2)24(28)26(19)30-14-16-9-4-3-5-10-16/h3-12,19,21H,13-14H2,1-2H3/t19-,21-/m0/s1. The van der Waals surface area contributed by atoms with Gasteiger partial charge in [0.25, 0.3) is 0 Å². The summed E-state index contributed by atoms with van der Waals surface area (Å²) in [5.41, 5.74) is 4.21. The summed E-state index contributed by atoms with van der Waals surface area (Å²) < 4.78 is 5.06. The number of hydroxylamine groups is 2. The Morgan fingerprint density at radius 3 is 2.61 bits per heavy atom. The van der Waals surface area contributed by atoms with Crippen LogP contribution in [-0.4, -0.2) is 35.6 Å². The van der Waals surface area contributed by atoms with Crippen LogP contribution in [0.2, 0.25) is 0 Å². The summed E-state index contributed by atoms with van der Waals surface area (Å²) in [6.07, 6.45) is 0. The molecule has 1 fully saturated rings. The molecule has 2 aliphatic rings. The summed E-state index contributed by atoms with van der Waals surface area (Å²) >= 11 is 1.54. The maximum absolute atomic E-state index is 13.1. The van der Waals surface area contributed by atoms with Crippen molar-refractivity contribution in [2.45, 2.75) is 25.6 Å². The van der Waals surface area contributed by atoms with Crippen molar-refractivity contribution in [2.24, 2.45) is 0 Å². The number of fused-ring (bicyclic) bond motifs is 4. The Bertz CT molecular complexity index is 1140. The highest BCUT2D eigenvalue weighted by atomic mass is 32.1. The maximum Gasteiger partial charge on any atom is 0.345 e. The SMILES string of the molecule is COC(=O)[C@@H]1c2sc(-c3ccccc3C)cc2[C@@H]2CN1C(=O)N2OCc1ccccc1. The van der Waals surface area contributed by atoms with Gasteiger partial charge in [-0.15, -0.1) is 11.3 Å². The van der Waals surface area contributed by atoms with Crippen LogP contribution in [0.3, 0.4) is 0 Å². The first kappa shape index (κ1) is 19.8. The number of nitrogens with zero attached hydrogens (tertiary/aromatic N) is 2. The van der Waals surface area contributed by atoms with Crippen LogP contribution in [0.25, 0.3) is 10.4 Å². The average Bonchev–Trinajstić information content (AvgIpc) is 3.34. The van der Waals surface area contributed by atoms with E-state index >= 15 is 0 Å². The second-order valence-corrected chi connectivity index (χ2v) is 8.79. The molecule has 0 N–H and O–H groups in total. The molecule has 2 aromatic carbocycles. The number of amides is 2. The zero-order chi connectivity index (χ0) is 21.5. The van der Waals surface area contributed by atoms with Crippen molar-refractivity contribution < 1.29 is 19.2 Å². The van der Waals surface area contributed by atoms with Crippen LogP contribution in [0.5, 0.6) is 0 Å². The molecule has 3 aromatic rings. The van der Waals surface area contributed by atoms with Crippen molar-refractivity contribution in [1.82, 2.24) is 9.96 Å². The lowest BCUT2D eigenvalue weighted by Gasteiger charge is -2.28. The molecular formula is C24H22N2O4S. The summed E-state index contributed by atoms with van der Waals surface area (Å²) in [5.74, 6) is -0.434. The molecule has 31 heavy (non-hydrogen) atoms.